The Morgan fingerprint density at radius 2 is 2.19 bits per heavy atom. The highest BCUT2D eigenvalue weighted by Gasteiger charge is 2.32. The minimum atomic E-state index is -0.00551. The van der Waals surface area contributed by atoms with Gasteiger partial charge >= 0.3 is 0 Å². The van der Waals surface area contributed by atoms with E-state index in [0.29, 0.717) is 6.04 Å². The molecule has 94 valence electrons. The van der Waals surface area contributed by atoms with Crippen LogP contribution in [0.3, 0.4) is 0 Å². The number of carbonyl (C=O) groups is 1. The van der Waals surface area contributed by atoms with Crippen LogP contribution in [0.4, 0.5) is 0 Å². The van der Waals surface area contributed by atoms with Crippen LogP contribution in [-0.4, -0.2) is 61.5 Å². The van der Waals surface area contributed by atoms with Gasteiger partial charge < -0.3 is 10.2 Å². The summed E-state index contributed by atoms with van der Waals surface area (Å²) < 4.78 is 0. The predicted octanol–water partition coefficient (Wildman–Crippen LogP) is 0.537. The van der Waals surface area contributed by atoms with Crippen LogP contribution in [0.2, 0.25) is 0 Å². The van der Waals surface area contributed by atoms with Gasteiger partial charge in [-0.15, -0.1) is 0 Å². The van der Waals surface area contributed by atoms with Crippen LogP contribution in [0.15, 0.2) is 0 Å². The van der Waals surface area contributed by atoms with Gasteiger partial charge in [-0.25, -0.2) is 0 Å². The maximum Gasteiger partial charge on any atom is 0.241 e. The molecule has 2 atom stereocenters. The van der Waals surface area contributed by atoms with Crippen molar-refractivity contribution in [1.29, 1.82) is 0 Å². The van der Waals surface area contributed by atoms with Gasteiger partial charge in [0.05, 0.1) is 0 Å². The molecule has 0 saturated carbocycles. The molecule has 0 aromatic rings. The average molecular weight is 227 g/mol. The van der Waals surface area contributed by atoms with Crippen molar-refractivity contribution in [3.05, 3.63) is 0 Å². The van der Waals surface area contributed by atoms with Crippen LogP contribution in [0.25, 0.3) is 0 Å². The summed E-state index contributed by atoms with van der Waals surface area (Å²) in [5, 5.41) is 3.12. The minimum absolute atomic E-state index is 0.00551. The second-order valence-corrected chi connectivity index (χ2v) is 4.70. The summed E-state index contributed by atoms with van der Waals surface area (Å²) in [4.78, 5) is 16.5. The summed E-state index contributed by atoms with van der Waals surface area (Å²) in [5.74, 6) is 0.281. The first-order chi connectivity index (χ1) is 7.61. The third-order valence-corrected chi connectivity index (χ3v) is 3.49. The van der Waals surface area contributed by atoms with Crippen molar-refractivity contribution in [1.82, 2.24) is 15.1 Å². The van der Waals surface area contributed by atoms with Crippen molar-refractivity contribution in [2.45, 2.75) is 38.8 Å². The van der Waals surface area contributed by atoms with Crippen LogP contribution in [0.1, 0.15) is 26.7 Å². The number of nitrogens with zero attached hydrogens (tertiary/aromatic N) is 2. The lowest BCUT2D eigenvalue weighted by Crippen LogP contribution is -2.50. The van der Waals surface area contributed by atoms with Crippen LogP contribution in [0, 0.1) is 0 Å². The molecule has 4 heteroatoms. The maximum absolute atomic E-state index is 12.3. The van der Waals surface area contributed by atoms with Crippen molar-refractivity contribution in [2.24, 2.45) is 0 Å². The molecule has 0 spiro atoms. The Labute approximate surface area is 99.0 Å². The Kier molecular flexibility index (Phi) is 5.22. The Bertz CT molecular complexity index is 232. The molecule has 1 heterocycles. The summed E-state index contributed by atoms with van der Waals surface area (Å²) in [6.45, 7) is 6.85. The van der Waals surface area contributed by atoms with Crippen LogP contribution in [-0.2, 0) is 4.79 Å². The summed E-state index contributed by atoms with van der Waals surface area (Å²) in [6.07, 6.45) is 2.11. The van der Waals surface area contributed by atoms with Gasteiger partial charge in [0.25, 0.3) is 0 Å². The number of hydrogen-bond donors (Lipinski definition) is 1. The first-order valence-corrected chi connectivity index (χ1v) is 6.27. The fraction of sp³-hybridized carbons (Fsp3) is 0.917. The number of carbonyl (C=O) groups excluding carboxylic acids is 1. The number of rotatable bonds is 4. The molecule has 0 aromatic heterocycles. The van der Waals surface area contributed by atoms with Crippen molar-refractivity contribution >= 4 is 5.91 Å². The molecule has 0 aromatic carbocycles. The Balaban J connectivity index is 2.78. The van der Waals surface area contributed by atoms with Gasteiger partial charge in [-0.3, -0.25) is 9.69 Å². The largest absolute Gasteiger partial charge is 0.341 e. The van der Waals surface area contributed by atoms with E-state index in [1.54, 1.807) is 0 Å². The molecule has 0 radical (unpaired) electrons. The summed E-state index contributed by atoms with van der Waals surface area (Å²) in [5.41, 5.74) is 0. The molecule has 1 saturated heterocycles. The fourth-order valence-electron chi connectivity index (χ4n) is 2.27. The topological polar surface area (TPSA) is 35.6 Å². The summed E-state index contributed by atoms with van der Waals surface area (Å²) >= 11 is 0. The van der Waals surface area contributed by atoms with Gasteiger partial charge in [0.2, 0.25) is 5.91 Å². The molecule has 0 bridgehead atoms. The zero-order valence-electron chi connectivity index (χ0n) is 11.0. The third kappa shape index (κ3) is 2.95. The van der Waals surface area contributed by atoms with Crippen molar-refractivity contribution < 1.29 is 4.79 Å². The molecule has 1 aliphatic rings. The van der Waals surface area contributed by atoms with E-state index in [4.69, 9.17) is 0 Å². The Morgan fingerprint density at radius 3 is 2.75 bits per heavy atom. The standard InChI is InChI=1S/C12H25N3O/c1-5-7-15-8-6-10(2)14(4)11(9-13-3)12(15)16/h10-11,13H,5-9H2,1-4H3. The maximum atomic E-state index is 12.3. The first-order valence-electron chi connectivity index (χ1n) is 6.27. The van der Waals surface area contributed by atoms with E-state index in [9.17, 15) is 4.79 Å². The highest BCUT2D eigenvalue weighted by atomic mass is 16.2. The van der Waals surface area contributed by atoms with E-state index in [2.05, 4.69) is 31.1 Å². The predicted molar refractivity (Wildman–Crippen MR) is 66.4 cm³/mol. The van der Waals surface area contributed by atoms with E-state index in [0.717, 1.165) is 32.5 Å². The van der Waals surface area contributed by atoms with Crippen LogP contribution >= 0.6 is 0 Å². The minimum Gasteiger partial charge on any atom is -0.341 e. The molecule has 16 heavy (non-hydrogen) atoms. The van der Waals surface area contributed by atoms with Crippen LogP contribution in [0.5, 0.6) is 0 Å². The molecule has 4 nitrogen and oxygen atoms in total. The quantitative estimate of drug-likeness (QED) is 0.761. The highest BCUT2D eigenvalue weighted by Crippen LogP contribution is 2.15. The normalized spacial score (nSPS) is 28.2. The lowest BCUT2D eigenvalue weighted by Gasteiger charge is -2.30. The molecule has 0 aliphatic carbocycles. The number of hydrogen-bond acceptors (Lipinski definition) is 3. The van der Waals surface area contributed by atoms with Crippen molar-refractivity contribution in [2.75, 3.05) is 33.7 Å². The van der Waals surface area contributed by atoms with Gasteiger partial charge in [-0.1, -0.05) is 6.92 Å². The number of likely N-dealkylation sites (N-methyl/N-ethyl adjacent to an activating group) is 2. The second kappa shape index (κ2) is 6.21. The summed E-state index contributed by atoms with van der Waals surface area (Å²) in [7, 11) is 3.96. The van der Waals surface area contributed by atoms with E-state index in [1.807, 2.05) is 11.9 Å². The van der Waals surface area contributed by atoms with E-state index in [1.165, 1.54) is 0 Å². The van der Waals surface area contributed by atoms with Gasteiger partial charge in [-0.2, -0.15) is 0 Å². The summed E-state index contributed by atoms with van der Waals surface area (Å²) in [6, 6.07) is 0.471. The lowest BCUT2D eigenvalue weighted by molar-refractivity contribution is -0.135. The number of amides is 1. The van der Waals surface area contributed by atoms with E-state index in [-0.39, 0.29) is 11.9 Å². The molecule has 1 N–H and O–H groups in total. The van der Waals surface area contributed by atoms with Crippen LogP contribution < -0.4 is 5.32 Å². The molecular weight excluding hydrogens is 202 g/mol. The van der Waals surface area contributed by atoms with Crippen molar-refractivity contribution in [3.63, 3.8) is 0 Å². The Hall–Kier alpha value is -0.610. The molecule has 1 fully saturated rings. The third-order valence-electron chi connectivity index (χ3n) is 3.49. The smallest absolute Gasteiger partial charge is 0.241 e. The SMILES string of the molecule is CCCN1CCC(C)N(C)C(CNC)C1=O. The second-order valence-electron chi connectivity index (χ2n) is 4.70. The fourth-order valence-corrected chi connectivity index (χ4v) is 2.27. The van der Waals surface area contributed by atoms with E-state index >= 15 is 0 Å². The lowest BCUT2D eigenvalue weighted by atomic mass is 10.2. The first kappa shape index (κ1) is 13.5. The monoisotopic (exact) mass is 227 g/mol. The number of nitrogens with one attached hydrogen (secondary N) is 1. The average Bonchev–Trinajstić information content (AvgIpc) is 2.36. The Morgan fingerprint density at radius 1 is 1.50 bits per heavy atom. The van der Waals surface area contributed by atoms with Gasteiger partial charge in [-0.05, 0) is 33.9 Å². The van der Waals surface area contributed by atoms with Gasteiger partial charge in [0, 0.05) is 25.7 Å². The molecular formula is C12H25N3O. The van der Waals surface area contributed by atoms with Gasteiger partial charge in [0.1, 0.15) is 6.04 Å². The van der Waals surface area contributed by atoms with Gasteiger partial charge in [0.15, 0.2) is 0 Å². The van der Waals surface area contributed by atoms with Crippen molar-refractivity contribution in [3.8, 4) is 0 Å². The zero-order valence-corrected chi connectivity index (χ0v) is 11.0. The molecule has 1 rings (SSSR count). The molecule has 1 aliphatic heterocycles. The van der Waals surface area contributed by atoms with E-state index < -0.39 is 0 Å². The molecule has 2 unspecified atom stereocenters. The highest BCUT2D eigenvalue weighted by molar-refractivity contribution is 5.82. The molecule has 1 amide bonds. The zero-order chi connectivity index (χ0) is 12.1.